The lowest BCUT2D eigenvalue weighted by molar-refractivity contribution is -0.138. The lowest BCUT2D eigenvalue weighted by atomic mass is 9.70. The summed E-state index contributed by atoms with van der Waals surface area (Å²) in [6.45, 7) is 7.54. The summed E-state index contributed by atoms with van der Waals surface area (Å²) in [4.78, 5) is 27.1. The molecule has 1 saturated heterocycles. The molecule has 0 radical (unpaired) electrons. The van der Waals surface area contributed by atoms with E-state index < -0.39 is 12.1 Å². The maximum absolute atomic E-state index is 12.7. The van der Waals surface area contributed by atoms with Gasteiger partial charge in [-0.25, -0.2) is 0 Å². The SMILES string of the molecule is CC1(C)C2CCC1(C)C(O)C2CC(=O)NC(CO)C(=O)N1CCCCCC1. The Hall–Kier alpha value is -1.14. The van der Waals surface area contributed by atoms with Gasteiger partial charge in [-0.2, -0.15) is 0 Å². The second-order valence-electron chi connectivity index (χ2n) is 9.64. The molecule has 3 fully saturated rings. The lowest BCUT2D eigenvalue weighted by Crippen LogP contribution is -2.51. The summed E-state index contributed by atoms with van der Waals surface area (Å²) in [5, 5.41) is 23.3. The summed E-state index contributed by atoms with van der Waals surface area (Å²) in [7, 11) is 0. The van der Waals surface area contributed by atoms with E-state index in [4.69, 9.17) is 0 Å². The van der Waals surface area contributed by atoms with Crippen LogP contribution in [-0.2, 0) is 9.59 Å². The highest BCUT2D eigenvalue weighted by Gasteiger charge is 2.65. The van der Waals surface area contributed by atoms with Crippen LogP contribution in [0.4, 0.5) is 0 Å². The Bertz CT molecular complexity index is 571. The second-order valence-corrected chi connectivity index (χ2v) is 9.64. The van der Waals surface area contributed by atoms with Crippen LogP contribution < -0.4 is 5.32 Å². The smallest absolute Gasteiger partial charge is 0.247 e. The number of nitrogens with zero attached hydrogens (tertiary/aromatic N) is 1. The van der Waals surface area contributed by atoms with Crippen molar-refractivity contribution in [1.29, 1.82) is 0 Å². The number of likely N-dealkylation sites (tertiary alicyclic amines) is 1. The molecule has 2 amide bonds. The molecular weight excluding hydrogens is 344 g/mol. The molecule has 3 rings (SSSR count). The number of rotatable bonds is 5. The maximum Gasteiger partial charge on any atom is 0.247 e. The fraction of sp³-hybridized carbons (Fsp3) is 0.905. The zero-order chi connectivity index (χ0) is 19.8. The Morgan fingerprint density at radius 2 is 1.78 bits per heavy atom. The van der Waals surface area contributed by atoms with E-state index in [1.807, 2.05) is 0 Å². The van der Waals surface area contributed by atoms with E-state index in [1.165, 1.54) is 0 Å². The van der Waals surface area contributed by atoms with Gasteiger partial charge in [-0.3, -0.25) is 9.59 Å². The first-order valence-electron chi connectivity index (χ1n) is 10.6. The summed E-state index contributed by atoms with van der Waals surface area (Å²) in [6.07, 6.45) is 5.94. The van der Waals surface area contributed by atoms with Gasteiger partial charge >= 0.3 is 0 Å². The molecule has 2 saturated carbocycles. The molecule has 154 valence electrons. The predicted molar refractivity (Wildman–Crippen MR) is 103 cm³/mol. The zero-order valence-corrected chi connectivity index (χ0v) is 17.0. The van der Waals surface area contributed by atoms with Crippen molar-refractivity contribution < 1.29 is 19.8 Å². The third-order valence-corrected chi connectivity index (χ3v) is 8.10. The minimum Gasteiger partial charge on any atom is -0.394 e. The van der Waals surface area contributed by atoms with Crippen molar-refractivity contribution >= 4 is 11.8 Å². The first-order chi connectivity index (χ1) is 12.7. The molecule has 0 aromatic heterocycles. The number of hydrogen-bond acceptors (Lipinski definition) is 4. The highest BCUT2D eigenvalue weighted by atomic mass is 16.3. The Morgan fingerprint density at radius 3 is 2.30 bits per heavy atom. The first-order valence-corrected chi connectivity index (χ1v) is 10.6. The maximum atomic E-state index is 12.7. The van der Waals surface area contributed by atoms with Crippen LogP contribution in [-0.4, -0.2) is 58.8 Å². The van der Waals surface area contributed by atoms with E-state index in [1.54, 1.807) is 4.90 Å². The fourth-order valence-corrected chi connectivity index (χ4v) is 5.95. The molecular formula is C21H36N2O4. The topological polar surface area (TPSA) is 89.9 Å². The van der Waals surface area contributed by atoms with Gasteiger partial charge in [-0.05, 0) is 48.3 Å². The summed E-state index contributed by atoms with van der Waals surface area (Å²) in [5.41, 5.74) is -0.142. The van der Waals surface area contributed by atoms with E-state index in [0.717, 1.165) is 38.5 Å². The van der Waals surface area contributed by atoms with E-state index in [2.05, 4.69) is 26.1 Å². The second kappa shape index (κ2) is 7.70. The average Bonchev–Trinajstić information content (AvgIpc) is 2.87. The quantitative estimate of drug-likeness (QED) is 0.677. The molecule has 6 heteroatoms. The largest absolute Gasteiger partial charge is 0.394 e. The van der Waals surface area contributed by atoms with Gasteiger partial charge in [0.15, 0.2) is 0 Å². The van der Waals surface area contributed by atoms with Gasteiger partial charge < -0.3 is 20.4 Å². The summed E-state index contributed by atoms with van der Waals surface area (Å²) in [6, 6.07) is -0.880. The molecule has 3 aliphatic rings. The van der Waals surface area contributed by atoms with Crippen molar-refractivity contribution in [3.63, 3.8) is 0 Å². The number of aliphatic hydroxyl groups is 2. The number of amides is 2. The third kappa shape index (κ3) is 3.51. The monoisotopic (exact) mass is 380 g/mol. The van der Waals surface area contributed by atoms with E-state index in [-0.39, 0.29) is 41.6 Å². The third-order valence-electron chi connectivity index (χ3n) is 8.10. The normalized spacial score (nSPS) is 36.3. The standard InChI is InChI=1S/C21H36N2O4/c1-20(2)15-8-9-21(20,3)18(26)14(15)12-17(25)22-16(13-24)19(27)23-10-6-4-5-7-11-23/h14-16,18,24,26H,4-13H2,1-3H3,(H,22,25). The van der Waals surface area contributed by atoms with Gasteiger partial charge in [0.25, 0.3) is 0 Å². The van der Waals surface area contributed by atoms with Crippen LogP contribution in [0, 0.1) is 22.7 Å². The predicted octanol–water partition coefficient (Wildman–Crippen LogP) is 1.69. The summed E-state index contributed by atoms with van der Waals surface area (Å²) < 4.78 is 0. The molecule has 2 aliphatic carbocycles. The fourth-order valence-electron chi connectivity index (χ4n) is 5.95. The van der Waals surface area contributed by atoms with Gasteiger partial charge in [-0.15, -0.1) is 0 Å². The highest BCUT2D eigenvalue weighted by molar-refractivity contribution is 5.88. The molecule has 3 N–H and O–H groups in total. The minimum absolute atomic E-state index is 0.00954. The molecule has 0 aromatic carbocycles. The van der Waals surface area contributed by atoms with Crippen molar-refractivity contribution in [2.75, 3.05) is 19.7 Å². The molecule has 2 bridgehead atoms. The van der Waals surface area contributed by atoms with Gasteiger partial charge in [0.2, 0.25) is 11.8 Å². The number of hydrogen-bond donors (Lipinski definition) is 3. The van der Waals surface area contributed by atoms with Gasteiger partial charge in [0, 0.05) is 19.5 Å². The Morgan fingerprint density at radius 1 is 1.15 bits per heavy atom. The Balaban J connectivity index is 1.60. The van der Waals surface area contributed by atoms with Crippen LogP contribution in [0.1, 0.15) is 65.7 Å². The van der Waals surface area contributed by atoms with Crippen LogP contribution in [0.25, 0.3) is 0 Å². The van der Waals surface area contributed by atoms with E-state index >= 15 is 0 Å². The number of fused-ring (bicyclic) bond motifs is 2. The Kier molecular flexibility index (Phi) is 5.88. The molecule has 0 aromatic rings. The van der Waals surface area contributed by atoms with Gasteiger partial charge in [0.1, 0.15) is 6.04 Å². The number of carbonyl (C=O) groups is 2. The van der Waals surface area contributed by atoms with Crippen LogP contribution in [0.3, 0.4) is 0 Å². The number of nitrogens with one attached hydrogen (secondary N) is 1. The Labute approximate surface area is 162 Å². The zero-order valence-electron chi connectivity index (χ0n) is 17.0. The van der Waals surface area contributed by atoms with Gasteiger partial charge in [-0.1, -0.05) is 33.6 Å². The van der Waals surface area contributed by atoms with Crippen LogP contribution >= 0.6 is 0 Å². The van der Waals surface area contributed by atoms with E-state index in [9.17, 15) is 19.8 Å². The van der Waals surface area contributed by atoms with Crippen molar-refractivity contribution in [3.05, 3.63) is 0 Å². The average molecular weight is 381 g/mol. The molecule has 5 atom stereocenters. The molecule has 0 spiro atoms. The van der Waals surface area contributed by atoms with Crippen molar-refractivity contribution in [2.45, 2.75) is 77.9 Å². The van der Waals surface area contributed by atoms with Crippen molar-refractivity contribution in [1.82, 2.24) is 10.2 Å². The van der Waals surface area contributed by atoms with E-state index in [0.29, 0.717) is 19.0 Å². The summed E-state index contributed by atoms with van der Waals surface area (Å²) in [5.74, 6) is -0.190. The minimum atomic E-state index is -0.880. The lowest BCUT2D eigenvalue weighted by Gasteiger charge is -2.37. The molecule has 6 nitrogen and oxygen atoms in total. The summed E-state index contributed by atoms with van der Waals surface area (Å²) >= 11 is 0. The van der Waals surface area contributed by atoms with Gasteiger partial charge in [0.05, 0.1) is 12.7 Å². The molecule has 27 heavy (non-hydrogen) atoms. The number of carbonyl (C=O) groups excluding carboxylic acids is 2. The molecule has 5 unspecified atom stereocenters. The van der Waals surface area contributed by atoms with Crippen molar-refractivity contribution in [2.24, 2.45) is 22.7 Å². The highest BCUT2D eigenvalue weighted by Crippen LogP contribution is 2.68. The first kappa shape index (κ1) is 20.6. The van der Waals surface area contributed by atoms with Crippen LogP contribution in [0.5, 0.6) is 0 Å². The van der Waals surface area contributed by atoms with Crippen molar-refractivity contribution in [3.8, 4) is 0 Å². The molecule has 1 heterocycles. The van der Waals surface area contributed by atoms with Crippen LogP contribution in [0.2, 0.25) is 0 Å². The van der Waals surface area contributed by atoms with Crippen LogP contribution in [0.15, 0.2) is 0 Å². The number of aliphatic hydroxyl groups excluding tert-OH is 2. The molecule has 1 aliphatic heterocycles.